The van der Waals surface area contributed by atoms with Gasteiger partial charge in [-0.05, 0) is 24.5 Å². The minimum atomic E-state index is -0.0966. The number of rotatable bonds is 4. The quantitative estimate of drug-likeness (QED) is 0.908. The number of carbonyl (C=O) groups is 2. The average Bonchev–Trinajstić information content (AvgIpc) is 3.03. The SMILES string of the molecule is CC(=O)Nc1ccc(-c2csc(NC(=O)[C@H]3C[C@@H]3C)n2)cc1. The molecular formula is C16H17N3O2S. The summed E-state index contributed by atoms with van der Waals surface area (Å²) in [7, 11) is 0. The van der Waals surface area contributed by atoms with Crippen molar-refractivity contribution in [3.8, 4) is 11.3 Å². The molecule has 1 heterocycles. The summed E-state index contributed by atoms with van der Waals surface area (Å²) in [5, 5.41) is 8.14. The number of hydrogen-bond donors (Lipinski definition) is 2. The standard InChI is InChI=1S/C16H17N3O2S/c1-9-7-13(9)15(21)19-16-18-14(8-22-16)11-3-5-12(6-4-11)17-10(2)20/h3-6,8-9,13H,7H2,1-2H3,(H,17,20)(H,18,19,21)/t9-,13-/m0/s1. The first-order chi connectivity index (χ1) is 10.5. The fourth-order valence-electron chi connectivity index (χ4n) is 2.28. The maximum atomic E-state index is 11.9. The summed E-state index contributed by atoms with van der Waals surface area (Å²) in [5.41, 5.74) is 2.52. The minimum absolute atomic E-state index is 0.0643. The first-order valence-electron chi connectivity index (χ1n) is 7.17. The van der Waals surface area contributed by atoms with Crippen molar-refractivity contribution in [3.63, 3.8) is 0 Å². The molecule has 2 N–H and O–H groups in total. The Labute approximate surface area is 132 Å². The molecule has 22 heavy (non-hydrogen) atoms. The van der Waals surface area contributed by atoms with Gasteiger partial charge in [-0.25, -0.2) is 4.98 Å². The van der Waals surface area contributed by atoms with Gasteiger partial charge in [-0.2, -0.15) is 0 Å². The highest BCUT2D eigenvalue weighted by Crippen LogP contribution is 2.38. The molecule has 2 atom stereocenters. The number of nitrogens with zero attached hydrogens (tertiary/aromatic N) is 1. The van der Waals surface area contributed by atoms with Crippen molar-refractivity contribution >= 4 is 34.0 Å². The zero-order valence-corrected chi connectivity index (χ0v) is 13.2. The van der Waals surface area contributed by atoms with Crippen molar-refractivity contribution in [2.75, 3.05) is 10.6 Å². The number of benzene rings is 1. The van der Waals surface area contributed by atoms with E-state index in [1.165, 1.54) is 18.3 Å². The lowest BCUT2D eigenvalue weighted by Gasteiger charge is -2.03. The van der Waals surface area contributed by atoms with E-state index in [9.17, 15) is 9.59 Å². The van der Waals surface area contributed by atoms with Crippen LogP contribution in [0.5, 0.6) is 0 Å². The second kappa shape index (κ2) is 5.88. The molecule has 2 amide bonds. The molecule has 0 saturated heterocycles. The Kier molecular flexibility index (Phi) is 3.94. The molecule has 0 bridgehead atoms. The number of carbonyl (C=O) groups excluding carboxylic acids is 2. The lowest BCUT2D eigenvalue weighted by atomic mass is 10.1. The summed E-state index contributed by atoms with van der Waals surface area (Å²) in [6, 6.07) is 7.46. The van der Waals surface area contributed by atoms with Gasteiger partial charge in [-0.3, -0.25) is 9.59 Å². The Morgan fingerprint density at radius 3 is 2.50 bits per heavy atom. The van der Waals surface area contributed by atoms with Gasteiger partial charge in [0.25, 0.3) is 0 Å². The molecule has 1 fully saturated rings. The van der Waals surface area contributed by atoms with Crippen LogP contribution in [0.15, 0.2) is 29.6 Å². The molecule has 0 radical (unpaired) electrons. The molecule has 0 aliphatic heterocycles. The Morgan fingerprint density at radius 2 is 1.91 bits per heavy atom. The lowest BCUT2D eigenvalue weighted by Crippen LogP contribution is -2.14. The number of anilines is 2. The first kappa shape index (κ1) is 14.7. The second-order valence-electron chi connectivity index (χ2n) is 5.61. The molecular weight excluding hydrogens is 298 g/mol. The molecule has 2 aromatic rings. The van der Waals surface area contributed by atoms with Crippen LogP contribution < -0.4 is 10.6 Å². The predicted molar refractivity (Wildman–Crippen MR) is 87.8 cm³/mol. The molecule has 1 aliphatic carbocycles. The summed E-state index contributed by atoms with van der Waals surface area (Å²) >= 11 is 1.42. The van der Waals surface area contributed by atoms with Crippen molar-refractivity contribution in [1.29, 1.82) is 0 Å². The van der Waals surface area contributed by atoms with Crippen LogP contribution in [0.4, 0.5) is 10.8 Å². The molecule has 114 valence electrons. The first-order valence-corrected chi connectivity index (χ1v) is 8.05. The van der Waals surface area contributed by atoms with Gasteiger partial charge in [0, 0.05) is 29.5 Å². The van der Waals surface area contributed by atoms with Crippen molar-refractivity contribution in [2.45, 2.75) is 20.3 Å². The maximum absolute atomic E-state index is 11.9. The molecule has 1 saturated carbocycles. The number of nitrogens with one attached hydrogen (secondary N) is 2. The Hall–Kier alpha value is -2.21. The van der Waals surface area contributed by atoms with Crippen LogP contribution in [-0.2, 0) is 9.59 Å². The molecule has 0 unspecified atom stereocenters. The van der Waals surface area contributed by atoms with Crippen LogP contribution in [0.3, 0.4) is 0 Å². The Bertz CT molecular complexity index is 708. The highest BCUT2D eigenvalue weighted by molar-refractivity contribution is 7.14. The normalized spacial score (nSPS) is 19.5. The van der Waals surface area contributed by atoms with Gasteiger partial charge in [0.2, 0.25) is 11.8 Å². The highest BCUT2D eigenvalue weighted by atomic mass is 32.1. The van der Waals surface area contributed by atoms with Crippen molar-refractivity contribution < 1.29 is 9.59 Å². The lowest BCUT2D eigenvalue weighted by molar-refractivity contribution is -0.117. The minimum Gasteiger partial charge on any atom is -0.326 e. The smallest absolute Gasteiger partial charge is 0.229 e. The van der Waals surface area contributed by atoms with Gasteiger partial charge in [0.05, 0.1) is 5.69 Å². The summed E-state index contributed by atoms with van der Waals surface area (Å²) in [6.07, 6.45) is 0.967. The van der Waals surface area contributed by atoms with Crippen molar-refractivity contribution in [2.24, 2.45) is 11.8 Å². The number of aromatic nitrogens is 1. The van der Waals surface area contributed by atoms with E-state index in [-0.39, 0.29) is 17.7 Å². The van der Waals surface area contributed by atoms with Gasteiger partial charge >= 0.3 is 0 Å². The van der Waals surface area contributed by atoms with Crippen molar-refractivity contribution in [3.05, 3.63) is 29.6 Å². The molecule has 5 nitrogen and oxygen atoms in total. The number of hydrogen-bond acceptors (Lipinski definition) is 4. The van der Waals surface area contributed by atoms with E-state index in [2.05, 4.69) is 22.5 Å². The van der Waals surface area contributed by atoms with E-state index in [0.717, 1.165) is 23.4 Å². The molecule has 0 spiro atoms. The molecule has 1 aromatic carbocycles. The van der Waals surface area contributed by atoms with Crippen LogP contribution >= 0.6 is 11.3 Å². The van der Waals surface area contributed by atoms with Gasteiger partial charge in [-0.1, -0.05) is 19.1 Å². The zero-order chi connectivity index (χ0) is 15.7. The average molecular weight is 315 g/mol. The fourth-order valence-corrected chi connectivity index (χ4v) is 3.00. The molecule has 1 aliphatic rings. The van der Waals surface area contributed by atoms with Gasteiger partial charge < -0.3 is 10.6 Å². The van der Waals surface area contributed by atoms with E-state index >= 15 is 0 Å². The van der Waals surface area contributed by atoms with Crippen LogP contribution in [0.25, 0.3) is 11.3 Å². The molecule has 6 heteroatoms. The topological polar surface area (TPSA) is 71.1 Å². The second-order valence-corrected chi connectivity index (χ2v) is 6.46. The predicted octanol–water partition coefficient (Wildman–Crippen LogP) is 3.36. The van der Waals surface area contributed by atoms with Crippen LogP contribution in [0, 0.1) is 11.8 Å². The van der Waals surface area contributed by atoms with Crippen LogP contribution in [-0.4, -0.2) is 16.8 Å². The third kappa shape index (κ3) is 3.33. The van der Waals surface area contributed by atoms with Gasteiger partial charge in [-0.15, -0.1) is 11.3 Å². The summed E-state index contributed by atoms with van der Waals surface area (Å²) in [4.78, 5) is 27.3. The molecule has 1 aromatic heterocycles. The van der Waals surface area contributed by atoms with Crippen LogP contribution in [0.2, 0.25) is 0 Å². The van der Waals surface area contributed by atoms with E-state index in [4.69, 9.17) is 0 Å². The van der Waals surface area contributed by atoms with E-state index in [1.54, 1.807) is 0 Å². The summed E-state index contributed by atoms with van der Waals surface area (Å²) in [6.45, 7) is 3.55. The van der Waals surface area contributed by atoms with Crippen LogP contribution in [0.1, 0.15) is 20.3 Å². The van der Waals surface area contributed by atoms with E-state index in [1.807, 2.05) is 29.6 Å². The summed E-state index contributed by atoms with van der Waals surface area (Å²) in [5.74, 6) is 0.597. The van der Waals surface area contributed by atoms with Crippen molar-refractivity contribution in [1.82, 2.24) is 4.98 Å². The monoisotopic (exact) mass is 315 g/mol. The largest absolute Gasteiger partial charge is 0.326 e. The maximum Gasteiger partial charge on any atom is 0.229 e. The number of amides is 2. The van der Waals surface area contributed by atoms with E-state index in [0.29, 0.717) is 11.0 Å². The highest BCUT2D eigenvalue weighted by Gasteiger charge is 2.39. The Balaban J connectivity index is 1.67. The van der Waals surface area contributed by atoms with E-state index < -0.39 is 0 Å². The third-order valence-electron chi connectivity index (χ3n) is 3.68. The zero-order valence-electron chi connectivity index (χ0n) is 12.4. The Morgan fingerprint density at radius 1 is 1.23 bits per heavy atom. The fraction of sp³-hybridized carbons (Fsp3) is 0.312. The summed E-state index contributed by atoms with van der Waals surface area (Å²) < 4.78 is 0. The third-order valence-corrected chi connectivity index (χ3v) is 4.44. The number of thiazole rings is 1. The van der Waals surface area contributed by atoms with Gasteiger partial charge in [0.1, 0.15) is 0 Å². The van der Waals surface area contributed by atoms with Gasteiger partial charge in [0.15, 0.2) is 5.13 Å². The molecule has 3 rings (SSSR count).